The number of carbonyl (C=O) groups is 5. The van der Waals surface area contributed by atoms with Gasteiger partial charge in [0.15, 0.2) is 0 Å². The minimum Gasteiger partial charge on any atom is -0.347 e. The molecule has 0 spiro atoms. The fraction of sp³-hybridized carbons (Fsp3) is 0.865. The summed E-state index contributed by atoms with van der Waals surface area (Å²) in [7, 11) is -1.26. The number of hydrogen-bond donors (Lipinski definition) is 4. The average Bonchev–Trinajstić information content (AvgIpc) is 3.95. The highest BCUT2D eigenvalue weighted by Gasteiger charge is 2.70. The van der Waals surface area contributed by atoms with Gasteiger partial charge in [-0.2, -0.15) is 0 Å². The van der Waals surface area contributed by atoms with Crippen LogP contribution in [-0.4, -0.2) is 103 Å². The maximum absolute atomic E-state index is 14.9. The van der Waals surface area contributed by atoms with Gasteiger partial charge in [-0.25, -0.2) is 13.2 Å². The fourth-order valence-electron chi connectivity index (χ4n) is 9.23. The van der Waals surface area contributed by atoms with E-state index in [0.717, 1.165) is 62.3 Å². The van der Waals surface area contributed by atoms with Crippen molar-refractivity contribution < 1.29 is 37.2 Å². The van der Waals surface area contributed by atoms with Crippen molar-refractivity contribution in [3.05, 3.63) is 0 Å². The Hall–Kier alpha value is -2.78. The third-order valence-corrected chi connectivity index (χ3v) is 14.7. The molecule has 1 heterocycles. The van der Waals surface area contributed by atoms with Crippen molar-refractivity contribution in [1.82, 2.24) is 30.6 Å². The summed E-state index contributed by atoms with van der Waals surface area (Å²) >= 11 is 0. The molecule has 5 atom stereocenters. The number of urea groups is 1. The van der Waals surface area contributed by atoms with Crippen LogP contribution in [0, 0.1) is 22.7 Å². The summed E-state index contributed by atoms with van der Waals surface area (Å²) < 4.78 is 27.1. The van der Waals surface area contributed by atoms with Crippen molar-refractivity contribution in [3.8, 4) is 0 Å². The molecule has 1 saturated heterocycles. The van der Waals surface area contributed by atoms with Crippen molar-refractivity contribution in [1.29, 1.82) is 0 Å². The molecule has 5 amide bonds. The zero-order valence-electron chi connectivity index (χ0n) is 32.1. The zero-order chi connectivity index (χ0) is 38.1. The van der Waals surface area contributed by atoms with Crippen LogP contribution in [0.5, 0.6) is 0 Å². The predicted molar refractivity (Wildman–Crippen MR) is 195 cm³/mol. The lowest BCUT2D eigenvalue weighted by atomic mass is 9.70. The van der Waals surface area contributed by atoms with E-state index in [1.165, 1.54) is 14.2 Å². The van der Waals surface area contributed by atoms with Crippen LogP contribution in [0.4, 0.5) is 4.79 Å². The molecule has 15 heteroatoms. The van der Waals surface area contributed by atoms with Crippen LogP contribution in [0.1, 0.15) is 124 Å². The SMILES string of the molecule is CCCCC(NC(=O)C1C2C(CN1C(=O)C(NC(=O)NC1(CS(=O)(=O)N(C)OC)CCCCC1)C1(C)CCCCC1)C2(C)C)C(=O)C(=O)NC1CC1. The lowest BCUT2D eigenvalue weighted by molar-refractivity contribution is -0.146. The molecule has 0 radical (unpaired) electrons. The van der Waals surface area contributed by atoms with Crippen LogP contribution in [0.3, 0.4) is 0 Å². The van der Waals surface area contributed by atoms with Crippen molar-refractivity contribution >= 4 is 39.6 Å². The molecule has 4 aliphatic carbocycles. The minimum absolute atomic E-state index is 0.00168. The highest BCUT2D eigenvalue weighted by molar-refractivity contribution is 7.89. The summed E-state index contributed by atoms with van der Waals surface area (Å²) in [6, 6.07) is -3.44. The summed E-state index contributed by atoms with van der Waals surface area (Å²) in [4.78, 5) is 75.9. The quantitative estimate of drug-likeness (QED) is 0.137. The first-order valence-electron chi connectivity index (χ1n) is 19.5. The van der Waals surface area contributed by atoms with E-state index in [9.17, 15) is 32.4 Å². The Bertz CT molecular complexity index is 1470. The number of carbonyl (C=O) groups excluding carboxylic acids is 5. The van der Waals surface area contributed by atoms with Gasteiger partial charge in [0.1, 0.15) is 12.1 Å². The first kappa shape index (κ1) is 40.4. The molecule has 5 unspecified atom stereocenters. The fourth-order valence-corrected chi connectivity index (χ4v) is 10.7. The van der Waals surface area contributed by atoms with Gasteiger partial charge in [0.25, 0.3) is 5.91 Å². The van der Waals surface area contributed by atoms with Crippen LogP contribution in [0.2, 0.25) is 0 Å². The van der Waals surface area contributed by atoms with E-state index in [2.05, 4.69) is 35.1 Å². The van der Waals surface area contributed by atoms with Crippen LogP contribution in [0.25, 0.3) is 0 Å². The van der Waals surface area contributed by atoms with Gasteiger partial charge >= 0.3 is 6.03 Å². The van der Waals surface area contributed by atoms with Gasteiger partial charge in [-0.15, -0.1) is 0 Å². The third kappa shape index (κ3) is 8.77. The zero-order valence-corrected chi connectivity index (χ0v) is 32.9. The van der Waals surface area contributed by atoms with E-state index in [4.69, 9.17) is 4.84 Å². The molecular formula is C37H62N6O8S. The molecule has 0 aromatic heterocycles. The highest BCUT2D eigenvalue weighted by atomic mass is 32.2. The summed E-state index contributed by atoms with van der Waals surface area (Å²) in [5.41, 5.74) is -1.84. The molecule has 5 aliphatic rings. The predicted octanol–water partition coefficient (Wildman–Crippen LogP) is 3.16. The maximum Gasteiger partial charge on any atom is 0.315 e. The van der Waals surface area contributed by atoms with Crippen LogP contribution < -0.4 is 21.3 Å². The molecule has 52 heavy (non-hydrogen) atoms. The largest absolute Gasteiger partial charge is 0.347 e. The molecule has 4 saturated carbocycles. The second-order valence-electron chi connectivity index (χ2n) is 17.1. The Balaban J connectivity index is 1.39. The number of fused-ring (bicyclic) bond motifs is 1. The number of hydroxylamine groups is 1. The normalized spacial score (nSPS) is 27.1. The summed E-state index contributed by atoms with van der Waals surface area (Å²) in [5, 5.41) is 11.7. The van der Waals surface area contributed by atoms with Crippen molar-refractivity contribution in [2.75, 3.05) is 26.5 Å². The van der Waals surface area contributed by atoms with E-state index >= 15 is 0 Å². The second kappa shape index (κ2) is 15.9. The van der Waals surface area contributed by atoms with Crippen molar-refractivity contribution in [2.24, 2.45) is 22.7 Å². The first-order valence-corrected chi connectivity index (χ1v) is 21.1. The molecule has 0 bridgehead atoms. The smallest absolute Gasteiger partial charge is 0.315 e. The summed E-state index contributed by atoms with van der Waals surface area (Å²) in [6.45, 7) is 8.49. The Morgan fingerprint density at radius 2 is 1.54 bits per heavy atom. The number of unbranched alkanes of at least 4 members (excludes halogenated alkanes) is 1. The Morgan fingerprint density at radius 3 is 2.12 bits per heavy atom. The van der Waals surface area contributed by atoms with Gasteiger partial charge < -0.3 is 26.2 Å². The molecule has 5 rings (SSSR count). The van der Waals surface area contributed by atoms with Crippen molar-refractivity contribution in [2.45, 2.75) is 154 Å². The number of ketones is 1. The molecule has 0 aromatic carbocycles. The number of piperidine rings is 1. The minimum atomic E-state index is -3.86. The number of Topliss-reactive ketones (excluding diaryl/α,β-unsaturated/α-hetero) is 1. The molecule has 0 aromatic rings. The van der Waals surface area contributed by atoms with Crippen molar-refractivity contribution in [3.63, 3.8) is 0 Å². The molecule has 1 aliphatic heterocycles. The first-order chi connectivity index (χ1) is 24.5. The summed E-state index contributed by atoms with van der Waals surface area (Å²) in [6.07, 6.45) is 11.0. The Morgan fingerprint density at radius 1 is 0.923 bits per heavy atom. The van der Waals surface area contributed by atoms with Gasteiger partial charge in [0, 0.05) is 19.6 Å². The van der Waals surface area contributed by atoms with Crippen LogP contribution in [-0.2, 0) is 34.0 Å². The maximum atomic E-state index is 14.9. The number of amides is 5. The number of hydrogen-bond acceptors (Lipinski definition) is 8. The van der Waals surface area contributed by atoms with Crippen LogP contribution >= 0.6 is 0 Å². The van der Waals surface area contributed by atoms with E-state index in [0.29, 0.717) is 45.1 Å². The second-order valence-corrected chi connectivity index (χ2v) is 19.1. The van der Waals surface area contributed by atoms with Gasteiger partial charge in [-0.05, 0) is 67.6 Å². The van der Waals surface area contributed by atoms with Gasteiger partial charge in [0.2, 0.25) is 27.6 Å². The standard InChI is InChI=1S/C37H62N6O8S/c1-7-8-15-26(29(44)32(46)38-24-16-17-24)39-31(45)28-27-25(35(27,2)3)22-43(28)33(47)30(36(4)18-11-9-12-19-36)40-34(48)41-37(20-13-10-14-21-37)23-52(49,50)42(5)51-6/h24-28,30H,7-23H2,1-6H3,(H,38,46)(H,39,45)(H2,40,41,48). The Kier molecular flexibility index (Phi) is 12.4. The van der Waals surface area contributed by atoms with Crippen LogP contribution in [0.15, 0.2) is 0 Å². The van der Waals surface area contributed by atoms with E-state index in [1.807, 2.05) is 13.8 Å². The topological polar surface area (TPSA) is 183 Å². The molecule has 14 nitrogen and oxygen atoms in total. The molecule has 294 valence electrons. The number of rotatable bonds is 16. The highest BCUT2D eigenvalue weighted by Crippen LogP contribution is 2.65. The number of sulfonamides is 1. The third-order valence-electron chi connectivity index (χ3n) is 12.9. The average molecular weight is 751 g/mol. The molecule has 4 N–H and O–H groups in total. The number of nitrogens with zero attached hydrogens (tertiary/aromatic N) is 2. The van der Waals surface area contributed by atoms with Gasteiger partial charge in [0.05, 0.1) is 24.4 Å². The lowest BCUT2D eigenvalue weighted by Gasteiger charge is -2.44. The Labute approximate surface area is 309 Å². The van der Waals surface area contributed by atoms with E-state index < -0.39 is 62.7 Å². The van der Waals surface area contributed by atoms with Gasteiger partial charge in [-0.3, -0.25) is 24.0 Å². The molecular weight excluding hydrogens is 689 g/mol. The number of nitrogens with one attached hydrogen (secondary N) is 4. The summed E-state index contributed by atoms with van der Waals surface area (Å²) in [5.74, 6) is -2.57. The molecule has 5 fully saturated rings. The monoisotopic (exact) mass is 750 g/mol. The lowest BCUT2D eigenvalue weighted by Crippen LogP contribution is -2.65. The van der Waals surface area contributed by atoms with E-state index in [1.54, 1.807) is 4.90 Å². The van der Waals surface area contributed by atoms with E-state index in [-0.39, 0.29) is 35.0 Å². The van der Waals surface area contributed by atoms with Gasteiger partial charge in [-0.1, -0.05) is 83.5 Å². The number of likely N-dealkylation sites (tertiary alicyclic amines) is 1.